The lowest BCUT2D eigenvalue weighted by Gasteiger charge is -2.43. The highest BCUT2D eigenvalue weighted by molar-refractivity contribution is 6.09. The number of oxime groups is 1. The smallest absolute Gasteiger partial charge is 0.309 e. The van der Waals surface area contributed by atoms with Gasteiger partial charge in [0.2, 0.25) is 0 Å². The van der Waals surface area contributed by atoms with Gasteiger partial charge in [-0.3, -0.25) is 4.79 Å². The Hall–Kier alpha value is -1.58. The van der Waals surface area contributed by atoms with E-state index >= 15 is 0 Å². The molecule has 3 aliphatic rings. The van der Waals surface area contributed by atoms with Crippen LogP contribution in [0.25, 0.3) is 0 Å². The lowest BCUT2D eigenvalue weighted by Crippen LogP contribution is -2.39. The maximum absolute atomic E-state index is 11.8. The van der Waals surface area contributed by atoms with Crippen LogP contribution in [0.5, 0.6) is 0 Å². The van der Waals surface area contributed by atoms with Crippen LogP contribution in [0, 0.1) is 17.3 Å². The van der Waals surface area contributed by atoms with E-state index in [0.717, 1.165) is 24.0 Å². The molecule has 1 saturated carbocycles. The van der Waals surface area contributed by atoms with Crippen LogP contribution in [-0.2, 0) is 9.53 Å². The van der Waals surface area contributed by atoms with E-state index in [2.05, 4.69) is 18.2 Å². The van der Waals surface area contributed by atoms with Gasteiger partial charge in [0.25, 0.3) is 0 Å². The van der Waals surface area contributed by atoms with Crippen LogP contribution >= 0.6 is 0 Å². The zero-order valence-electron chi connectivity index (χ0n) is 11.5. The Morgan fingerprint density at radius 2 is 2.26 bits per heavy atom. The van der Waals surface area contributed by atoms with Crippen molar-refractivity contribution in [3.8, 4) is 0 Å². The van der Waals surface area contributed by atoms with Crippen molar-refractivity contribution < 1.29 is 14.7 Å². The van der Waals surface area contributed by atoms with Crippen molar-refractivity contribution in [3.63, 3.8) is 0 Å². The van der Waals surface area contributed by atoms with Crippen LogP contribution in [0.3, 0.4) is 0 Å². The molecule has 0 aromatic rings. The van der Waals surface area contributed by atoms with E-state index in [1.165, 1.54) is 0 Å². The summed E-state index contributed by atoms with van der Waals surface area (Å²) in [6.07, 6.45) is 5.80. The van der Waals surface area contributed by atoms with Crippen molar-refractivity contribution >= 4 is 11.7 Å². The molecule has 2 fully saturated rings. The Kier molecular flexibility index (Phi) is 2.59. The number of esters is 1. The van der Waals surface area contributed by atoms with Gasteiger partial charge in [0, 0.05) is 11.3 Å². The fraction of sp³-hybridized carbons (Fsp3) is 0.600. The third kappa shape index (κ3) is 1.58. The van der Waals surface area contributed by atoms with Crippen LogP contribution in [0.4, 0.5) is 0 Å². The molecule has 102 valence electrons. The lowest BCUT2D eigenvalue weighted by atomic mass is 9.61. The topological polar surface area (TPSA) is 58.9 Å². The van der Waals surface area contributed by atoms with Crippen molar-refractivity contribution in [2.75, 3.05) is 0 Å². The molecule has 0 unspecified atom stereocenters. The minimum atomic E-state index is -0.150. The van der Waals surface area contributed by atoms with Gasteiger partial charge in [-0.1, -0.05) is 25.1 Å². The minimum Gasteiger partial charge on any atom is -0.457 e. The van der Waals surface area contributed by atoms with Crippen LogP contribution in [0.2, 0.25) is 0 Å². The second-order valence-corrected chi connectivity index (χ2v) is 6.12. The lowest BCUT2D eigenvalue weighted by molar-refractivity contribution is -0.143. The summed E-state index contributed by atoms with van der Waals surface area (Å²) in [5, 5.41) is 12.4. The summed E-state index contributed by atoms with van der Waals surface area (Å²) in [6.45, 7) is 6.07. The van der Waals surface area contributed by atoms with E-state index < -0.39 is 0 Å². The maximum atomic E-state index is 11.8. The first-order valence-corrected chi connectivity index (χ1v) is 6.81. The highest BCUT2D eigenvalue weighted by atomic mass is 16.6. The molecule has 0 bridgehead atoms. The molecule has 0 amide bonds. The molecular weight excluding hydrogens is 242 g/mol. The molecule has 1 saturated heterocycles. The van der Waals surface area contributed by atoms with Gasteiger partial charge in [0.15, 0.2) is 0 Å². The average Bonchev–Trinajstić information content (AvgIpc) is 2.65. The Morgan fingerprint density at radius 3 is 2.95 bits per heavy atom. The summed E-state index contributed by atoms with van der Waals surface area (Å²) in [5.74, 6) is 0.129. The Balaban J connectivity index is 2.11. The molecule has 1 N–H and O–H groups in total. The molecule has 2 aliphatic carbocycles. The van der Waals surface area contributed by atoms with E-state index in [1.807, 2.05) is 19.9 Å². The Morgan fingerprint density at radius 1 is 1.53 bits per heavy atom. The van der Waals surface area contributed by atoms with Gasteiger partial charge in [-0.05, 0) is 37.0 Å². The van der Waals surface area contributed by atoms with Crippen LogP contribution < -0.4 is 0 Å². The zero-order valence-corrected chi connectivity index (χ0v) is 11.5. The van der Waals surface area contributed by atoms with E-state index in [1.54, 1.807) is 0 Å². The van der Waals surface area contributed by atoms with Crippen LogP contribution in [0.15, 0.2) is 28.5 Å². The summed E-state index contributed by atoms with van der Waals surface area (Å²) in [6, 6.07) is 0. The quantitative estimate of drug-likeness (QED) is 0.414. The van der Waals surface area contributed by atoms with E-state index in [-0.39, 0.29) is 29.3 Å². The maximum Gasteiger partial charge on any atom is 0.309 e. The number of carbonyl (C=O) groups is 1. The van der Waals surface area contributed by atoms with Gasteiger partial charge in [-0.25, -0.2) is 0 Å². The van der Waals surface area contributed by atoms with Crippen molar-refractivity contribution in [1.29, 1.82) is 0 Å². The van der Waals surface area contributed by atoms with E-state index in [4.69, 9.17) is 9.94 Å². The summed E-state index contributed by atoms with van der Waals surface area (Å²) in [4.78, 5) is 11.8. The van der Waals surface area contributed by atoms with Gasteiger partial charge < -0.3 is 9.94 Å². The molecule has 1 aliphatic heterocycles. The SMILES string of the molecule is CC1=C2[C@@H]3OC(=O)[C@H](C)[C@@H]3CC[C@]2(C)C=C/C1=N\O. The number of nitrogens with zero attached hydrogens (tertiary/aromatic N) is 1. The Bertz CT molecular complexity index is 532. The number of hydrogen-bond acceptors (Lipinski definition) is 4. The molecule has 3 rings (SSSR count). The highest BCUT2D eigenvalue weighted by Crippen LogP contribution is 2.53. The van der Waals surface area contributed by atoms with Gasteiger partial charge in [-0.2, -0.15) is 0 Å². The molecule has 19 heavy (non-hydrogen) atoms. The van der Waals surface area contributed by atoms with Crippen molar-refractivity contribution in [3.05, 3.63) is 23.3 Å². The fourth-order valence-electron chi connectivity index (χ4n) is 3.81. The average molecular weight is 261 g/mol. The third-order valence-electron chi connectivity index (χ3n) is 5.05. The van der Waals surface area contributed by atoms with Crippen molar-refractivity contribution in [2.24, 2.45) is 22.4 Å². The number of hydrogen-bond donors (Lipinski definition) is 1. The highest BCUT2D eigenvalue weighted by Gasteiger charge is 2.52. The van der Waals surface area contributed by atoms with Gasteiger partial charge >= 0.3 is 5.97 Å². The molecule has 4 nitrogen and oxygen atoms in total. The molecular formula is C15H19NO3. The van der Waals surface area contributed by atoms with Crippen molar-refractivity contribution in [1.82, 2.24) is 0 Å². The molecule has 0 aromatic heterocycles. The molecule has 0 aromatic carbocycles. The summed E-state index contributed by atoms with van der Waals surface area (Å²) < 4.78 is 5.61. The van der Waals surface area contributed by atoms with Crippen LogP contribution in [-0.4, -0.2) is 23.0 Å². The van der Waals surface area contributed by atoms with Gasteiger partial charge in [-0.15, -0.1) is 0 Å². The number of fused-ring (bicyclic) bond motifs is 3. The molecule has 4 atom stereocenters. The van der Waals surface area contributed by atoms with Crippen LogP contribution in [0.1, 0.15) is 33.6 Å². The fourth-order valence-corrected chi connectivity index (χ4v) is 3.81. The zero-order chi connectivity index (χ0) is 13.8. The predicted octanol–water partition coefficient (Wildman–Crippen LogP) is 2.68. The first-order valence-electron chi connectivity index (χ1n) is 6.81. The first kappa shape index (κ1) is 12.5. The normalized spacial score (nSPS) is 43.2. The molecule has 0 radical (unpaired) electrons. The van der Waals surface area contributed by atoms with E-state index in [0.29, 0.717) is 5.71 Å². The first-order chi connectivity index (χ1) is 8.98. The van der Waals surface area contributed by atoms with Gasteiger partial charge in [0.05, 0.1) is 5.92 Å². The summed E-state index contributed by atoms with van der Waals surface area (Å²) in [7, 11) is 0. The second-order valence-electron chi connectivity index (χ2n) is 6.12. The standard InChI is InChI=1S/C15H19NO3/c1-8-10-4-6-15(3)7-5-11(16-18)9(2)12(15)13(10)19-14(8)17/h5,7-8,10,13,18H,4,6H2,1-3H3/b16-11+/t8-,10+,13-,15-/m1/s1. The number of carbonyl (C=O) groups excluding carboxylic acids is 1. The van der Waals surface area contributed by atoms with E-state index in [9.17, 15) is 4.79 Å². The second kappa shape index (κ2) is 3.95. The number of allylic oxidation sites excluding steroid dienone is 3. The van der Waals surface area contributed by atoms with Gasteiger partial charge in [0.1, 0.15) is 11.8 Å². The molecule has 4 heteroatoms. The summed E-state index contributed by atoms with van der Waals surface area (Å²) in [5.41, 5.74) is 2.56. The number of ether oxygens (including phenoxy) is 1. The predicted molar refractivity (Wildman–Crippen MR) is 70.9 cm³/mol. The van der Waals surface area contributed by atoms with Crippen molar-refractivity contribution in [2.45, 2.75) is 39.7 Å². The summed E-state index contributed by atoms with van der Waals surface area (Å²) >= 11 is 0. The third-order valence-corrected chi connectivity index (χ3v) is 5.05. The minimum absolute atomic E-state index is 0.0322. The monoisotopic (exact) mass is 261 g/mol. The molecule has 1 heterocycles. The Labute approximate surface area is 112 Å². The largest absolute Gasteiger partial charge is 0.457 e. The molecule has 0 spiro atoms. The number of rotatable bonds is 0.